The van der Waals surface area contributed by atoms with Crippen molar-refractivity contribution in [2.45, 2.75) is 20.8 Å². The topological polar surface area (TPSA) is 0 Å². The summed E-state index contributed by atoms with van der Waals surface area (Å²) in [6.45, 7) is 6.37. The summed E-state index contributed by atoms with van der Waals surface area (Å²) in [6, 6.07) is 19.2. The minimum atomic E-state index is 1.26. The lowest BCUT2D eigenvalue weighted by Gasteiger charge is -2.08. The highest BCUT2D eigenvalue weighted by Gasteiger charge is 2.02. The van der Waals surface area contributed by atoms with Crippen LogP contribution in [0.1, 0.15) is 26.3 Å². The van der Waals surface area contributed by atoms with Gasteiger partial charge in [0.05, 0.1) is 0 Å². The molecule has 0 heterocycles. The maximum absolute atomic E-state index is 2.26. The van der Waals surface area contributed by atoms with Crippen LogP contribution in [-0.4, -0.2) is 0 Å². The van der Waals surface area contributed by atoms with Crippen LogP contribution >= 0.6 is 0 Å². The predicted molar refractivity (Wildman–Crippen MR) is 85.0 cm³/mol. The molecule has 0 spiro atoms. The number of hydrogen-bond acceptors (Lipinski definition) is 0. The molecule has 0 nitrogen and oxygen atoms in total. The molecule has 0 aromatic heterocycles. The molecule has 0 bridgehead atoms. The van der Waals surface area contributed by atoms with E-state index in [1.165, 1.54) is 27.8 Å². The van der Waals surface area contributed by atoms with Crippen molar-refractivity contribution in [1.29, 1.82) is 0 Å². The molecule has 0 N–H and O–H groups in total. The molecular formula is C19H20. The van der Waals surface area contributed by atoms with E-state index in [4.69, 9.17) is 0 Å². The van der Waals surface area contributed by atoms with Crippen LogP contribution < -0.4 is 0 Å². The molecular weight excluding hydrogens is 228 g/mol. The summed E-state index contributed by atoms with van der Waals surface area (Å²) < 4.78 is 0. The average Bonchev–Trinajstić information content (AvgIpc) is 2.45. The van der Waals surface area contributed by atoms with Gasteiger partial charge in [-0.3, -0.25) is 0 Å². The Morgan fingerprint density at radius 3 is 2.16 bits per heavy atom. The fraction of sp³-hybridized carbons (Fsp3) is 0.158. The van der Waals surface area contributed by atoms with Crippen molar-refractivity contribution < 1.29 is 0 Å². The molecule has 0 atom stereocenters. The summed E-state index contributed by atoms with van der Waals surface area (Å²) in [5, 5.41) is 0. The van der Waals surface area contributed by atoms with Gasteiger partial charge in [-0.25, -0.2) is 0 Å². The summed E-state index contributed by atoms with van der Waals surface area (Å²) in [5.74, 6) is 0. The zero-order chi connectivity index (χ0) is 13.7. The van der Waals surface area contributed by atoms with Crippen molar-refractivity contribution in [1.82, 2.24) is 0 Å². The molecule has 0 aliphatic carbocycles. The maximum atomic E-state index is 2.26. The first kappa shape index (κ1) is 13.4. The molecule has 0 heteroatoms. The summed E-state index contributed by atoms with van der Waals surface area (Å²) in [7, 11) is 0. The summed E-state index contributed by atoms with van der Waals surface area (Å²) in [4.78, 5) is 0. The Kier molecular flexibility index (Phi) is 4.35. The first-order valence-electron chi connectivity index (χ1n) is 6.68. The highest BCUT2D eigenvalue weighted by atomic mass is 14.1. The van der Waals surface area contributed by atoms with Crippen LogP contribution in [0.5, 0.6) is 0 Å². The van der Waals surface area contributed by atoms with Gasteiger partial charge in [0.25, 0.3) is 0 Å². The number of hydrogen-bond donors (Lipinski definition) is 0. The lowest BCUT2D eigenvalue weighted by molar-refractivity contribution is 1.39. The van der Waals surface area contributed by atoms with E-state index in [1.807, 2.05) is 0 Å². The van der Waals surface area contributed by atoms with Gasteiger partial charge in [-0.05, 0) is 49.1 Å². The minimum Gasteiger partial charge on any atom is -0.0870 e. The number of allylic oxidation sites excluding steroid dienone is 4. The number of rotatable bonds is 3. The van der Waals surface area contributed by atoms with Crippen molar-refractivity contribution in [3.05, 3.63) is 77.9 Å². The third kappa shape index (κ3) is 3.23. The van der Waals surface area contributed by atoms with E-state index in [9.17, 15) is 0 Å². The van der Waals surface area contributed by atoms with Gasteiger partial charge in [-0.15, -0.1) is 0 Å². The normalized spacial score (nSPS) is 10.7. The summed E-state index contributed by atoms with van der Waals surface area (Å²) in [5.41, 5.74) is 6.45. The molecule has 0 fully saturated rings. The largest absolute Gasteiger partial charge is 0.0870 e. The minimum absolute atomic E-state index is 1.26. The molecule has 19 heavy (non-hydrogen) atoms. The fourth-order valence-corrected chi connectivity index (χ4v) is 2.22. The van der Waals surface area contributed by atoms with Gasteiger partial charge in [0.1, 0.15) is 0 Å². The van der Waals surface area contributed by atoms with Crippen molar-refractivity contribution in [2.24, 2.45) is 0 Å². The van der Waals surface area contributed by atoms with E-state index in [0.29, 0.717) is 0 Å². The van der Waals surface area contributed by atoms with E-state index in [1.54, 1.807) is 0 Å². The molecule has 96 valence electrons. The Morgan fingerprint density at radius 1 is 0.842 bits per heavy atom. The molecule has 2 aromatic carbocycles. The monoisotopic (exact) mass is 248 g/mol. The van der Waals surface area contributed by atoms with Gasteiger partial charge in [0, 0.05) is 0 Å². The van der Waals surface area contributed by atoms with Crippen LogP contribution in [0.3, 0.4) is 0 Å². The van der Waals surface area contributed by atoms with E-state index < -0.39 is 0 Å². The zero-order valence-corrected chi connectivity index (χ0v) is 11.9. The van der Waals surface area contributed by atoms with Crippen molar-refractivity contribution >= 4 is 5.57 Å². The molecule has 2 rings (SSSR count). The molecule has 0 amide bonds. The molecule has 0 unspecified atom stereocenters. The van der Waals surface area contributed by atoms with Gasteiger partial charge in [0.15, 0.2) is 0 Å². The average molecular weight is 248 g/mol. The van der Waals surface area contributed by atoms with Crippen LogP contribution in [-0.2, 0) is 0 Å². The second-order valence-corrected chi connectivity index (χ2v) is 4.86. The zero-order valence-electron chi connectivity index (χ0n) is 11.9. The van der Waals surface area contributed by atoms with Gasteiger partial charge < -0.3 is 0 Å². The highest BCUT2D eigenvalue weighted by Crippen LogP contribution is 2.26. The SMILES string of the molecule is C/C=C\C(=C(C)C)c1cccc(-c2ccccc2)c1. The van der Waals surface area contributed by atoms with Crippen molar-refractivity contribution in [2.75, 3.05) is 0 Å². The Morgan fingerprint density at radius 2 is 1.53 bits per heavy atom. The quantitative estimate of drug-likeness (QED) is 0.609. The lowest BCUT2D eigenvalue weighted by Crippen LogP contribution is -1.86. The smallest absolute Gasteiger partial charge is 0.0178 e. The van der Waals surface area contributed by atoms with Crippen LogP contribution in [0, 0.1) is 0 Å². The molecule has 0 aliphatic rings. The molecule has 0 saturated heterocycles. The first-order valence-corrected chi connectivity index (χ1v) is 6.68. The Bertz CT molecular complexity index is 597. The van der Waals surface area contributed by atoms with E-state index >= 15 is 0 Å². The molecule has 2 aromatic rings. The molecule has 0 aliphatic heterocycles. The predicted octanol–water partition coefficient (Wildman–Crippen LogP) is 5.72. The highest BCUT2D eigenvalue weighted by molar-refractivity contribution is 5.79. The van der Waals surface area contributed by atoms with Crippen LogP contribution in [0.4, 0.5) is 0 Å². The fourth-order valence-electron chi connectivity index (χ4n) is 2.22. The van der Waals surface area contributed by atoms with Crippen LogP contribution in [0.15, 0.2) is 72.3 Å². The Hall–Kier alpha value is -2.08. The van der Waals surface area contributed by atoms with E-state index in [2.05, 4.69) is 87.5 Å². The van der Waals surface area contributed by atoms with E-state index in [0.717, 1.165) is 0 Å². The van der Waals surface area contributed by atoms with Gasteiger partial charge in [-0.2, -0.15) is 0 Å². The third-order valence-corrected chi connectivity index (χ3v) is 3.15. The van der Waals surface area contributed by atoms with Crippen molar-refractivity contribution in [3.8, 4) is 11.1 Å². The van der Waals surface area contributed by atoms with E-state index in [-0.39, 0.29) is 0 Å². The molecule has 0 radical (unpaired) electrons. The van der Waals surface area contributed by atoms with Gasteiger partial charge >= 0.3 is 0 Å². The summed E-state index contributed by atoms with van der Waals surface area (Å²) >= 11 is 0. The maximum Gasteiger partial charge on any atom is -0.0178 e. The third-order valence-electron chi connectivity index (χ3n) is 3.15. The Labute approximate surface area is 116 Å². The second-order valence-electron chi connectivity index (χ2n) is 4.86. The lowest BCUT2D eigenvalue weighted by atomic mass is 9.96. The Balaban J connectivity index is 2.48. The van der Waals surface area contributed by atoms with Crippen LogP contribution in [0.2, 0.25) is 0 Å². The van der Waals surface area contributed by atoms with Gasteiger partial charge in [0.2, 0.25) is 0 Å². The molecule has 0 saturated carbocycles. The van der Waals surface area contributed by atoms with Gasteiger partial charge in [-0.1, -0.05) is 66.3 Å². The second kappa shape index (κ2) is 6.19. The van der Waals surface area contributed by atoms with Crippen molar-refractivity contribution in [3.63, 3.8) is 0 Å². The first-order chi connectivity index (χ1) is 9.22. The standard InChI is InChI=1S/C19H20/c1-4-9-19(15(2)3)18-13-8-12-17(14-18)16-10-6-5-7-11-16/h4-14H,1-3H3/b9-4-. The summed E-state index contributed by atoms with van der Waals surface area (Å²) in [6.07, 6.45) is 4.27. The number of benzene rings is 2. The van der Waals surface area contributed by atoms with Crippen LogP contribution in [0.25, 0.3) is 16.7 Å².